The molecule has 0 fully saturated rings. The van der Waals surface area contributed by atoms with Crippen LogP contribution in [0, 0.1) is 5.92 Å². The van der Waals surface area contributed by atoms with E-state index in [0.717, 1.165) is 12.8 Å². The fraction of sp³-hybridized carbons (Fsp3) is 0.357. The van der Waals surface area contributed by atoms with E-state index in [1.807, 2.05) is 18.2 Å². The van der Waals surface area contributed by atoms with Crippen molar-refractivity contribution in [2.45, 2.75) is 23.0 Å². The summed E-state index contributed by atoms with van der Waals surface area (Å²) in [7, 11) is 1.46. The maximum absolute atomic E-state index is 11.7. The Balaban J connectivity index is 2.09. The highest BCUT2D eigenvalue weighted by atomic mass is 32.2. The number of carbonyl (C=O) groups excluding carboxylic acids is 1. The molecule has 0 aliphatic heterocycles. The van der Waals surface area contributed by atoms with E-state index >= 15 is 0 Å². The van der Waals surface area contributed by atoms with Crippen molar-refractivity contribution in [3.05, 3.63) is 42.5 Å². The predicted molar refractivity (Wildman–Crippen MR) is 70.0 cm³/mol. The first kappa shape index (κ1) is 12.2. The van der Waals surface area contributed by atoms with Gasteiger partial charge in [0.15, 0.2) is 0 Å². The van der Waals surface area contributed by atoms with Crippen LogP contribution in [-0.2, 0) is 9.53 Å². The Morgan fingerprint density at radius 3 is 2.82 bits per heavy atom. The zero-order valence-electron chi connectivity index (χ0n) is 9.84. The van der Waals surface area contributed by atoms with Gasteiger partial charge in [-0.05, 0) is 25.0 Å². The first-order valence-electron chi connectivity index (χ1n) is 5.77. The molecule has 1 aromatic carbocycles. The van der Waals surface area contributed by atoms with Gasteiger partial charge in [-0.1, -0.05) is 30.4 Å². The summed E-state index contributed by atoms with van der Waals surface area (Å²) in [6.45, 7) is 0. The monoisotopic (exact) mass is 248 g/mol. The van der Waals surface area contributed by atoms with Gasteiger partial charge < -0.3 is 4.74 Å². The zero-order chi connectivity index (χ0) is 12.1. The van der Waals surface area contributed by atoms with E-state index in [4.69, 9.17) is 4.74 Å². The SMILES string of the molecule is COC(=O)C1CCC=CC1Sc1ccccc1. The van der Waals surface area contributed by atoms with E-state index in [1.165, 1.54) is 12.0 Å². The third-order valence-electron chi connectivity index (χ3n) is 2.89. The summed E-state index contributed by atoms with van der Waals surface area (Å²) in [5.74, 6) is -0.113. The smallest absolute Gasteiger partial charge is 0.310 e. The van der Waals surface area contributed by atoms with E-state index in [2.05, 4.69) is 24.3 Å². The van der Waals surface area contributed by atoms with Gasteiger partial charge in [0.1, 0.15) is 0 Å². The van der Waals surface area contributed by atoms with Gasteiger partial charge in [0.05, 0.1) is 13.0 Å². The summed E-state index contributed by atoms with van der Waals surface area (Å²) in [6, 6.07) is 10.2. The predicted octanol–water partition coefficient (Wildman–Crippen LogP) is 3.29. The van der Waals surface area contributed by atoms with Crippen molar-refractivity contribution < 1.29 is 9.53 Å². The van der Waals surface area contributed by atoms with Gasteiger partial charge in [-0.15, -0.1) is 11.8 Å². The third-order valence-corrected chi connectivity index (χ3v) is 4.19. The molecule has 0 N–H and O–H groups in total. The van der Waals surface area contributed by atoms with E-state index in [1.54, 1.807) is 11.8 Å². The van der Waals surface area contributed by atoms with Gasteiger partial charge >= 0.3 is 5.97 Å². The molecule has 0 amide bonds. The van der Waals surface area contributed by atoms with Crippen LogP contribution in [0.2, 0.25) is 0 Å². The Bertz CT molecular complexity index is 400. The number of hydrogen-bond acceptors (Lipinski definition) is 3. The number of rotatable bonds is 3. The molecule has 2 nitrogen and oxygen atoms in total. The Labute approximate surface area is 106 Å². The highest BCUT2D eigenvalue weighted by Gasteiger charge is 2.29. The summed E-state index contributed by atoms with van der Waals surface area (Å²) in [5, 5.41) is 0.193. The second-order valence-electron chi connectivity index (χ2n) is 4.03. The summed E-state index contributed by atoms with van der Waals surface area (Å²) in [4.78, 5) is 12.9. The fourth-order valence-corrected chi connectivity index (χ4v) is 3.22. The van der Waals surface area contributed by atoms with Crippen LogP contribution in [0.3, 0.4) is 0 Å². The molecule has 1 aliphatic carbocycles. The molecule has 2 atom stereocenters. The molecule has 1 aromatic rings. The van der Waals surface area contributed by atoms with Crippen LogP contribution in [0.5, 0.6) is 0 Å². The average Bonchev–Trinajstić information content (AvgIpc) is 2.40. The second kappa shape index (κ2) is 5.92. The molecule has 3 heteroatoms. The molecule has 0 spiro atoms. The highest BCUT2D eigenvalue weighted by molar-refractivity contribution is 8.00. The topological polar surface area (TPSA) is 26.3 Å². The van der Waals surface area contributed by atoms with Crippen LogP contribution in [0.4, 0.5) is 0 Å². The highest BCUT2D eigenvalue weighted by Crippen LogP contribution is 2.34. The number of ether oxygens (including phenoxy) is 1. The van der Waals surface area contributed by atoms with E-state index in [-0.39, 0.29) is 17.1 Å². The maximum Gasteiger partial charge on any atom is 0.310 e. The number of benzene rings is 1. The number of allylic oxidation sites excluding steroid dienone is 1. The van der Waals surface area contributed by atoms with Crippen molar-refractivity contribution in [1.82, 2.24) is 0 Å². The van der Waals surface area contributed by atoms with Crippen molar-refractivity contribution in [3.8, 4) is 0 Å². The lowest BCUT2D eigenvalue weighted by molar-refractivity contribution is -0.145. The van der Waals surface area contributed by atoms with Crippen LogP contribution in [0.15, 0.2) is 47.4 Å². The summed E-state index contributed by atoms with van der Waals surface area (Å²) in [6.07, 6.45) is 6.13. The van der Waals surface area contributed by atoms with Crippen molar-refractivity contribution in [3.63, 3.8) is 0 Å². The van der Waals surface area contributed by atoms with E-state index in [9.17, 15) is 4.79 Å². The minimum Gasteiger partial charge on any atom is -0.469 e. The van der Waals surface area contributed by atoms with Crippen LogP contribution in [-0.4, -0.2) is 18.3 Å². The first-order chi connectivity index (χ1) is 8.31. The molecular formula is C14H16O2S. The lowest BCUT2D eigenvalue weighted by Crippen LogP contribution is -2.27. The molecule has 0 saturated heterocycles. The van der Waals surface area contributed by atoms with Crippen molar-refractivity contribution in [2.24, 2.45) is 5.92 Å². The zero-order valence-corrected chi connectivity index (χ0v) is 10.7. The molecule has 2 unspecified atom stereocenters. The average molecular weight is 248 g/mol. The van der Waals surface area contributed by atoms with Crippen LogP contribution in [0.1, 0.15) is 12.8 Å². The van der Waals surface area contributed by atoms with Gasteiger partial charge in [-0.3, -0.25) is 4.79 Å². The van der Waals surface area contributed by atoms with E-state index in [0.29, 0.717) is 0 Å². The number of carbonyl (C=O) groups is 1. The standard InChI is InChI=1S/C14H16O2S/c1-16-14(15)12-9-5-6-10-13(12)17-11-7-3-2-4-8-11/h2-4,6-8,10,12-13H,5,9H2,1H3. The molecule has 90 valence electrons. The number of esters is 1. The van der Waals surface area contributed by atoms with Gasteiger partial charge in [0.2, 0.25) is 0 Å². The maximum atomic E-state index is 11.7. The van der Waals surface area contributed by atoms with E-state index < -0.39 is 0 Å². The molecule has 1 aliphatic rings. The van der Waals surface area contributed by atoms with Gasteiger partial charge in [0, 0.05) is 10.1 Å². The fourth-order valence-electron chi connectivity index (χ4n) is 1.99. The van der Waals surface area contributed by atoms with Crippen LogP contribution >= 0.6 is 11.8 Å². The quantitative estimate of drug-likeness (QED) is 0.606. The molecule has 17 heavy (non-hydrogen) atoms. The van der Waals surface area contributed by atoms with Crippen molar-refractivity contribution in [1.29, 1.82) is 0 Å². The van der Waals surface area contributed by atoms with Crippen LogP contribution in [0.25, 0.3) is 0 Å². The molecule has 0 saturated carbocycles. The van der Waals surface area contributed by atoms with Gasteiger partial charge in [-0.2, -0.15) is 0 Å². The Morgan fingerprint density at radius 2 is 2.12 bits per heavy atom. The second-order valence-corrected chi connectivity index (χ2v) is 5.28. The summed E-state index contributed by atoms with van der Waals surface area (Å²) >= 11 is 1.73. The van der Waals surface area contributed by atoms with Crippen LogP contribution < -0.4 is 0 Å². The molecule has 2 rings (SSSR count). The largest absolute Gasteiger partial charge is 0.469 e. The Kier molecular flexibility index (Phi) is 4.26. The normalized spacial score (nSPS) is 23.4. The molecule has 0 aromatic heterocycles. The third kappa shape index (κ3) is 3.13. The summed E-state index contributed by atoms with van der Waals surface area (Å²) in [5.41, 5.74) is 0. The molecular weight excluding hydrogens is 232 g/mol. The number of hydrogen-bond donors (Lipinski definition) is 0. The number of thioether (sulfide) groups is 1. The van der Waals surface area contributed by atoms with Gasteiger partial charge in [-0.25, -0.2) is 0 Å². The lowest BCUT2D eigenvalue weighted by atomic mass is 9.94. The lowest BCUT2D eigenvalue weighted by Gasteiger charge is -2.24. The molecule has 0 radical (unpaired) electrons. The molecule has 0 heterocycles. The first-order valence-corrected chi connectivity index (χ1v) is 6.65. The van der Waals surface area contributed by atoms with Gasteiger partial charge in [0.25, 0.3) is 0 Å². The Hall–Kier alpha value is -1.22. The minimum absolute atomic E-state index is 0.0183. The van der Waals surface area contributed by atoms with Crippen molar-refractivity contribution in [2.75, 3.05) is 7.11 Å². The Morgan fingerprint density at radius 1 is 1.35 bits per heavy atom. The van der Waals surface area contributed by atoms with Crippen molar-refractivity contribution >= 4 is 17.7 Å². The summed E-state index contributed by atoms with van der Waals surface area (Å²) < 4.78 is 4.87. The number of methoxy groups -OCH3 is 1. The minimum atomic E-state index is -0.0946. The molecule has 0 bridgehead atoms.